The Morgan fingerprint density at radius 1 is 1.38 bits per heavy atom. The van der Waals surface area contributed by atoms with Gasteiger partial charge in [0.05, 0.1) is 17.4 Å². The average Bonchev–Trinajstić information content (AvgIpc) is 2.77. The highest BCUT2D eigenvalue weighted by atomic mass is 35.5. The number of rotatable bonds is 2. The van der Waals surface area contributed by atoms with Crippen LogP contribution in [0.4, 0.5) is 0 Å². The summed E-state index contributed by atoms with van der Waals surface area (Å²) < 4.78 is 28.4. The van der Waals surface area contributed by atoms with Crippen LogP contribution in [0.25, 0.3) is 0 Å². The van der Waals surface area contributed by atoms with Crippen LogP contribution < -0.4 is 10.1 Å². The molecule has 5 nitrogen and oxygen atoms in total. The smallest absolute Gasteiger partial charge is 0.227 e. The molecule has 0 aromatic heterocycles. The molecule has 0 unspecified atom stereocenters. The largest absolute Gasteiger partial charge is 0.492 e. The first kappa shape index (κ1) is 14.7. The number of amides is 1. The number of carbonyl (C=O) groups is 1. The van der Waals surface area contributed by atoms with Crippen LogP contribution in [0.2, 0.25) is 5.02 Å². The molecule has 0 aliphatic carbocycles. The Morgan fingerprint density at radius 2 is 2.19 bits per heavy atom. The second-order valence-electron chi connectivity index (χ2n) is 5.57. The highest BCUT2D eigenvalue weighted by Crippen LogP contribution is 2.30. The minimum Gasteiger partial charge on any atom is -0.492 e. The van der Waals surface area contributed by atoms with Gasteiger partial charge in [0.2, 0.25) is 5.91 Å². The van der Waals surface area contributed by atoms with Gasteiger partial charge in [-0.3, -0.25) is 4.79 Å². The minimum atomic E-state index is -2.99. The third-order valence-corrected chi connectivity index (χ3v) is 5.88. The molecule has 2 aliphatic rings. The number of ether oxygens (including phenoxy) is 1. The van der Waals surface area contributed by atoms with Crippen LogP contribution in [0.15, 0.2) is 18.2 Å². The van der Waals surface area contributed by atoms with Crippen molar-refractivity contribution in [2.24, 2.45) is 5.92 Å². The molecular formula is C14H16ClNO4S. The number of sulfone groups is 1. The number of halogens is 1. The Morgan fingerprint density at radius 3 is 2.90 bits per heavy atom. The Bertz CT molecular complexity index is 674. The molecule has 3 rings (SSSR count). The van der Waals surface area contributed by atoms with Crippen LogP contribution in [0.3, 0.4) is 0 Å². The predicted octanol–water partition coefficient (Wildman–Crippen LogP) is 1.19. The Kier molecular flexibility index (Phi) is 3.84. The summed E-state index contributed by atoms with van der Waals surface area (Å²) >= 11 is 5.95. The molecule has 1 N–H and O–H groups in total. The summed E-state index contributed by atoms with van der Waals surface area (Å²) in [7, 11) is -2.99. The molecule has 1 aromatic rings. The highest BCUT2D eigenvalue weighted by Gasteiger charge is 2.32. The lowest BCUT2D eigenvalue weighted by molar-refractivity contribution is -0.126. The number of benzene rings is 1. The quantitative estimate of drug-likeness (QED) is 0.884. The van der Waals surface area contributed by atoms with E-state index < -0.39 is 9.84 Å². The van der Waals surface area contributed by atoms with Crippen LogP contribution >= 0.6 is 11.6 Å². The first-order valence-electron chi connectivity index (χ1n) is 6.85. The van der Waals surface area contributed by atoms with Gasteiger partial charge >= 0.3 is 0 Å². The molecule has 114 valence electrons. The molecule has 2 atom stereocenters. The number of carbonyl (C=O) groups excluding carboxylic acids is 1. The van der Waals surface area contributed by atoms with Crippen molar-refractivity contribution in [1.29, 1.82) is 0 Å². The van der Waals surface area contributed by atoms with E-state index in [0.717, 1.165) is 11.3 Å². The standard InChI is InChI=1S/C14H16ClNO4S/c15-11-1-2-13-9(6-11)5-10(7-20-13)14(17)16-12-3-4-21(18,19)8-12/h1-2,6,10,12H,3-5,7-8H2,(H,16,17)/t10-,12+/m1/s1. The second-order valence-corrected chi connectivity index (χ2v) is 8.24. The molecule has 21 heavy (non-hydrogen) atoms. The van der Waals surface area contributed by atoms with Gasteiger partial charge in [0, 0.05) is 11.1 Å². The molecule has 0 radical (unpaired) electrons. The maximum Gasteiger partial charge on any atom is 0.227 e. The third kappa shape index (κ3) is 3.32. The minimum absolute atomic E-state index is 0.0364. The Balaban J connectivity index is 1.64. The van der Waals surface area contributed by atoms with Crippen molar-refractivity contribution in [2.45, 2.75) is 18.9 Å². The molecule has 2 aliphatic heterocycles. The predicted molar refractivity (Wildman–Crippen MR) is 79.3 cm³/mol. The van der Waals surface area contributed by atoms with E-state index in [-0.39, 0.29) is 29.4 Å². The summed E-state index contributed by atoms with van der Waals surface area (Å²) in [4.78, 5) is 12.2. The van der Waals surface area contributed by atoms with E-state index in [1.165, 1.54) is 0 Å². The van der Waals surface area contributed by atoms with E-state index in [4.69, 9.17) is 16.3 Å². The Hall–Kier alpha value is -1.27. The van der Waals surface area contributed by atoms with Crippen LogP contribution in [-0.2, 0) is 21.1 Å². The van der Waals surface area contributed by atoms with Crippen molar-refractivity contribution in [1.82, 2.24) is 5.32 Å². The maximum absolute atomic E-state index is 12.2. The fraction of sp³-hybridized carbons (Fsp3) is 0.500. The molecule has 1 fully saturated rings. The van der Waals surface area contributed by atoms with Crippen molar-refractivity contribution in [3.05, 3.63) is 28.8 Å². The SMILES string of the molecule is O=C(N[C@H]1CCS(=O)(=O)C1)[C@H]1COc2ccc(Cl)cc2C1. The zero-order chi connectivity index (χ0) is 15.0. The first-order valence-corrected chi connectivity index (χ1v) is 9.05. The molecule has 0 saturated carbocycles. The molecule has 0 spiro atoms. The maximum atomic E-state index is 12.2. The molecule has 1 amide bonds. The number of hydrogen-bond acceptors (Lipinski definition) is 4. The topological polar surface area (TPSA) is 72.5 Å². The Labute approximate surface area is 128 Å². The lowest BCUT2D eigenvalue weighted by Crippen LogP contribution is -2.43. The lowest BCUT2D eigenvalue weighted by Gasteiger charge is -2.25. The summed E-state index contributed by atoms with van der Waals surface area (Å²) in [6.07, 6.45) is 1.05. The van der Waals surface area contributed by atoms with Crippen molar-refractivity contribution < 1.29 is 17.9 Å². The van der Waals surface area contributed by atoms with Crippen molar-refractivity contribution >= 4 is 27.3 Å². The third-order valence-electron chi connectivity index (χ3n) is 3.88. The van der Waals surface area contributed by atoms with Gasteiger partial charge < -0.3 is 10.1 Å². The molecule has 7 heteroatoms. The fourth-order valence-corrected chi connectivity index (χ4v) is 4.63. The summed E-state index contributed by atoms with van der Waals surface area (Å²) in [6, 6.07) is 5.08. The van der Waals surface area contributed by atoms with E-state index in [9.17, 15) is 13.2 Å². The molecule has 1 saturated heterocycles. The van der Waals surface area contributed by atoms with E-state index in [1.54, 1.807) is 18.2 Å². The second kappa shape index (κ2) is 5.50. The van der Waals surface area contributed by atoms with Crippen LogP contribution in [-0.4, -0.2) is 38.5 Å². The number of nitrogens with one attached hydrogen (secondary N) is 1. The molecule has 0 bridgehead atoms. The monoisotopic (exact) mass is 329 g/mol. The van der Waals surface area contributed by atoms with E-state index in [0.29, 0.717) is 24.5 Å². The van der Waals surface area contributed by atoms with E-state index >= 15 is 0 Å². The fourth-order valence-electron chi connectivity index (χ4n) is 2.76. The summed E-state index contributed by atoms with van der Waals surface area (Å²) in [6.45, 7) is 0.305. The van der Waals surface area contributed by atoms with Gasteiger partial charge in [0.15, 0.2) is 9.84 Å². The highest BCUT2D eigenvalue weighted by molar-refractivity contribution is 7.91. The van der Waals surface area contributed by atoms with Crippen LogP contribution in [0.5, 0.6) is 5.75 Å². The van der Waals surface area contributed by atoms with Gasteiger partial charge in [0.25, 0.3) is 0 Å². The van der Waals surface area contributed by atoms with Crippen molar-refractivity contribution in [2.75, 3.05) is 18.1 Å². The van der Waals surface area contributed by atoms with Crippen LogP contribution in [0, 0.1) is 5.92 Å². The zero-order valence-corrected chi connectivity index (χ0v) is 12.9. The first-order chi connectivity index (χ1) is 9.93. The summed E-state index contributed by atoms with van der Waals surface area (Å²) in [5.74, 6) is 0.487. The van der Waals surface area contributed by atoms with Crippen molar-refractivity contribution in [3.63, 3.8) is 0 Å². The van der Waals surface area contributed by atoms with Gasteiger partial charge in [-0.1, -0.05) is 11.6 Å². The normalized spacial score (nSPS) is 26.7. The van der Waals surface area contributed by atoms with Gasteiger partial charge in [-0.2, -0.15) is 0 Å². The lowest BCUT2D eigenvalue weighted by atomic mass is 9.95. The molecular weight excluding hydrogens is 314 g/mol. The number of hydrogen-bond donors (Lipinski definition) is 1. The van der Waals surface area contributed by atoms with Gasteiger partial charge in [-0.15, -0.1) is 0 Å². The van der Waals surface area contributed by atoms with Gasteiger partial charge in [-0.25, -0.2) is 8.42 Å². The summed E-state index contributed by atoms with van der Waals surface area (Å²) in [5.41, 5.74) is 0.910. The van der Waals surface area contributed by atoms with Crippen LogP contribution in [0.1, 0.15) is 12.0 Å². The van der Waals surface area contributed by atoms with Gasteiger partial charge in [-0.05, 0) is 36.6 Å². The molecule has 2 heterocycles. The average molecular weight is 330 g/mol. The van der Waals surface area contributed by atoms with Crippen molar-refractivity contribution in [3.8, 4) is 5.75 Å². The molecule has 1 aromatic carbocycles. The number of fused-ring (bicyclic) bond motifs is 1. The van der Waals surface area contributed by atoms with E-state index in [1.807, 2.05) is 0 Å². The zero-order valence-electron chi connectivity index (χ0n) is 11.3. The van der Waals surface area contributed by atoms with E-state index in [2.05, 4.69) is 5.32 Å². The summed E-state index contributed by atoms with van der Waals surface area (Å²) in [5, 5.41) is 3.43. The van der Waals surface area contributed by atoms with Gasteiger partial charge in [0.1, 0.15) is 12.4 Å².